The molecule has 0 unspecified atom stereocenters. The van der Waals surface area contributed by atoms with Crippen LogP contribution in [-0.4, -0.2) is 16.2 Å². The predicted molar refractivity (Wildman–Crippen MR) is 118 cm³/mol. The van der Waals surface area contributed by atoms with Crippen LogP contribution in [0.15, 0.2) is 30.3 Å². The largest absolute Gasteiger partial charge is 0.508 e. The van der Waals surface area contributed by atoms with E-state index in [1.165, 1.54) is 15.3 Å². The fourth-order valence-electron chi connectivity index (χ4n) is 3.46. The third-order valence-electron chi connectivity index (χ3n) is 5.15. The summed E-state index contributed by atoms with van der Waals surface area (Å²) in [6, 6.07) is 10.4. The van der Waals surface area contributed by atoms with E-state index in [9.17, 15) is 9.90 Å². The maximum absolute atomic E-state index is 10.9. The zero-order chi connectivity index (χ0) is 20.9. The van der Waals surface area contributed by atoms with Gasteiger partial charge < -0.3 is 10.2 Å². The van der Waals surface area contributed by atoms with Crippen molar-refractivity contribution in [3.05, 3.63) is 51.2 Å². The molecule has 2 aromatic rings. The molecule has 0 bridgehead atoms. The molecule has 0 radical (unpaired) electrons. The lowest BCUT2D eigenvalue weighted by atomic mass is 9.84. The van der Waals surface area contributed by atoms with Gasteiger partial charge >= 0.3 is 5.97 Å². The van der Waals surface area contributed by atoms with Crippen molar-refractivity contribution in [2.45, 2.75) is 78.6 Å². The Kier molecular flexibility index (Phi) is 7.33. The van der Waals surface area contributed by atoms with Gasteiger partial charge in [-0.2, -0.15) is 0 Å². The molecule has 0 spiro atoms. The first-order chi connectivity index (χ1) is 13.0. The lowest BCUT2D eigenvalue weighted by Gasteiger charge is -2.21. The molecule has 1 aromatic carbocycles. The summed E-state index contributed by atoms with van der Waals surface area (Å²) in [6.07, 6.45) is 5.19. The molecule has 0 saturated heterocycles. The molecule has 1 heterocycles. The fraction of sp³-hybridized carbons (Fsp3) is 0.542. The Morgan fingerprint density at radius 1 is 0.964 bits per heavy atom. The minimum atomic E-state index is -0.722. The van der Waals surface area contributed by atoms with Gasteiger partial charge in [-0.15, -0.1) is 11.3 Å². The summed E-state index contributed by atoms with van der Waals surface area (Å²) in [4.78, 5) is 13.7. The van der Waals surface area contributed by atoms with Gasteiger partial charge in [0.25, 0.3) is 0 Å². The number of phenols is 1. The van der Waals surface area contributed by atoms with Crippen LogP contribution in [0, 0.1) is 5.41 Å². The Morgan fingerprint density at radius 3 is 2.21 bits per heavy atom. The highest BCUT2D eigenvalue weighted by atomic mass is 32.1. The van der Waals surface area contributed by atoms with Crippen LogP contribution < -0.4 is 0 Å². The second kappa shape index (κ2) is 9.13. The average molecular weight is 403 g/mol. The lowest BCUT2D eigenvalue weighted by molar-refractivity contribution is -0.139. The fourth-order valence-corrected chi connectivity index (χ4v) is 4.52. The van der Waals surface area contributed by atoms with Crippen LogP contribution in [-0.2, 0) is 29.5 Å². The van der Waals surface area contributed by atoms with E-state index in [2.05, 4.69) is 39.0 Å². The van der Waals surface area contributed by atoms with Crippen molar-refractivity contribution in [3.8, 4) is 5.75 Å². The number of hydrogen-bond acceptors (Lipinski definition) is 3. The van der Waals surface area contributed by atoms with Crippen molar-refractivity contribution in [3.63, 3.8) is 0 Å². The molecule has 28 heavy (non-hydrogen) atoms. The maximum Gasteiger partial charge on any atom is 0.303 e. The first-order valence-corrected chi connectivity index (χ1v) is 10.9. The molecule has 0 saturated carbocycles. The van der Waals surface area contributed by atoms with Gasteiger partial charge in [-0.05, 0) is 72.3 Å². The molecule has 154 valence electrons. The van der Waals surface area contributed by atoms with Gasteiger partial charge in [0.2, 0.25) is 0 Å². The number of thiophene rings is 1. The van der Waals surface area contributed by atoms with E-state index in [0.717, 1.165) is 37.7 Å². The van der Waals surface area contributed by atoms with Crippen molar-refractivity contribution in [1.29, 1.82) is 0 Å². The number of aryl methyl sites for hydroxylation is 3. The molecule has 0 atom stereocenters. The highest BCUT2D eigenvalue weighted by Gasteiger charge is 2.22. The maximum atomic E-state index is 10.9. The van der Waals surface area contributed by atoms with Gasteiger partial charge in [0.1, 0.15) is 5.75 Å². The summed E-state index contributed by atoms with van der Waals surface area (Å²) in [5.41, 5.74) is 2.05. The summed E-state index contributed by atoms with van der Waals surface area (Å²) >= 11 is 1.85. The minimum absolute atomic E-state index is 0.0584. The van der Waals surface area contributed by atoms with Crippen molar-refractivity contribution in [2.75, 3.05) is 0 Å². The van der Waals surface area contributed by atoms with Crippen molar-refractivity contribution in [1.82, 2.24) is 0 Å². The molecular weight excluding hydrogens is 368 g/mol. The third-order valence-corrected chi connectivity index (χ3v) is 6.36. The predicted octanol–water partition coefficient (Wildman–Crippen LogP) is 6.36. The van der Waals surface area contributed by atoms with Crippen molar-refractivity contribution in [2.24, 2.45) is 5.41 Å². The van der Waals surface area contributed by atoms with E-state index in [0.29, 0.717) is 5.75 Å². The number of carboxylic acids is 1. The summed E-state index contributed by atoms with van der Waals surface area (Å²) < 4.78 is 0. The van der Waals surface area contributed by atoms with Crippen LogP contribution in [0.4, 0.5) is 0 Å². The Morgan fingerprint density at radius 2 is 1.61 bits per heavy atom. The normalized spacial score (nSPS) is 12.3. The minimum Gasteiger partial charge on any atom is -0.508 e. The first kappa shape index (κ1) is 22.5. The van der Waals surface area contributed by atoms with Crippen LogP contribution in [0.1, 0.15) is 74.8 Å². The Hall–Kier alpha value is -1.81. The van der Waals surface area contributed by atoms with E-state index in [4.69, 9.17) is 5.11 Å². The molecule has 0 aliphatic rings. The SMILES string of the molecule is CC(C)(CCc1ccc(CCCc2ccc(O)c(C(C)(C)C)c2)s1)CC(=O)O. The molecule has 0 aliphatic heterocycles. The van der Waals surface area contributed by atoms with Gasteiger partial charge in [0.05, 0.1) is 6.42 Å². The highest BCUT2D eigenvalue weighted by molar-refractivity contribution is 7.11. The number of rotatable bonds is 9. The first-order valence-electron chi connectivity index (χ1n) is 10.1. The van der Waals surface area contributed by atoms with Crippen molar-refractivity contribution >= 4 is 17.3 Å². The van der Waals surface area contributed by atoms with Crippen LogP contribution in [0.5, 0.6) is 5.75 Å². The molecule has 2 N–H and O–H groups in total. The van der Waals surface area contributed by atoms with E-state index in [1.807, 2.05) is 37.3 Å². The van der Waals surface area contributed by atoms with Crippen molar-refractivity contribution < 1.29 is 15.0 Å². The van der Waals surface area contributed by atoms with Gasteiger partial charge in [0.15, 0.2) is 0 Å². The van der Waals surface area contributed by atoms with E-state index in [-0.39, 0.29) is 17.3 Å². The second-order valence-electron chi connectivity index (χ2n) is 9.56. The Balaban J connectivity index is 1.86. The lowest BCUT2D eigenvalue weighted by Crippen LogP contribution is -2.17. The molecule has 2 rings (SSSR count). The van der Waals surface area contributed by atoms with Crippen LogP contribution >= 0.6 is 11.3 Å². The quantitative estimate of drug-likeness (QED) is 0.513. The molecule has 0 amide bonds. The highest BCUT2D eigenvalue weighted by Crippen LogP contribution is 2.32. The monoisotopic (exact) mass is 402 g/mol. The number of carbonyl (C=O) groups is 1. The van der Waals surface area contributed by atoms with Gasteiger partial charge in [-0.1, -0.05) is 46.8 Å². The molecule has 4 heteroatoms. The number of aliphatic carboxylic acids is 1. The summed E-state index contributed by atoms with van der Waals surface area (Å²) in [6.45, 7) is 10.4. The molecule has 1 aromatic heterocycles. The van der Waals surface area contributed by atoms with E-state index >= 15 is 0 Å². The third kappa shape index (κ3) is 6.97. The zero-order valence-electron chi connectivity index (χ0n) is 17.8. The number of aromatic hydroxyl groups is 1. The Labute approximate surface area is 173 Å². The second-order valence-corrected chi connectivity index (χ2v) is 10.8. The molecule has 0 aliphatic carbocycles. The molecular formula is C24H34O3S. The molecule has 0 fully saturated rings. The van der Waals surface area contributed by atoms with Crippen LogP contribution in [0.3, 0.4) is 0 Å². The molecule has 3 nitrogen and oxygen atoms in total. The zero-order valence-corrected chi connectivity index (χ0v) is 18.7. The topological polar surface area (TPSA) is 57.5 Å². The summed E-state index contributed by atoms with van der Waals surface area (Å²) in [7, 11) is 0. The number of hydrogen-bond donors (Lipinski definition) is 2. The van der Waals surface area contributed by atoms with Gasteiger partial charge in [-0.25, -0.2) is 0 Å². The van der Waals surface area contributed by atoms with Crippen LogP contribution in [0.25, 0.3) is 0 Å². The average Bonchev–Trinajstić information content (AvgIpc) is 3.00. The van der Waals surface area contributed by atoms with Gasteiger partial charge in [-0.3, -0.25) is 4.79 Å². The Bertz CT molecular complexity index is 796. The number of phenolic OH excluding ortho intramolecular Hbond substituents is 1. The summed E-state index contributed by atoms with van der Waals surface area (Å²) in [5, 5.41) is 19.1. The van der Waals surface area contributed by atoms with E-state index in [1.54, 1.807) is 0 Å². The van der Waals surface area contributed by atoms with Crippen LogP contribution in [0.2, 0.25) is 0 Å². The summed E-state index contributed by atoms with van der Waals surface area (Å²) in [5.74, 6) is -0.342. The standard InChI is InChI=1S/C24H34O3S/c1-23(2,3)20-15-17(9-12-21(20)25)7-6-8-18-10-11-19(28-18)13-14-24(4,5)16-22(26)27/h9-12,15,25H,6-8,13-14,16H2,1-5H3,(H,26,27). The van der Waals surface area contributed by atoms with E-state index < -0.39 is 5.97 Å². The number of benzene rings is 1. The number of carboxylic acid groups (broad SMARTS) is 1. The van der Waals surface area contributed by atoms with Gasteiger partial charge in [0, 0.05) is 9.75 Å². The smallest absolute Gasteiger partial charge is 0.303 e.